The van der Waals surface area contributed by atoms with Crippen LogP contribution in [0.1, 0.15) is 18.4 Å². The minimum absolute atomic E-state index is 0.223. The molecule has 1 saturated heterocycles. The maximum Gasteiger partial charge on any atom is 0.222 e. The van der Waals surface area contributed by atoms with E-state index in [4.69, 9.17) is 5.73 Å². The van der Waals surface area contributed by atoms with Crippen LogP contribution in [0.5, 0.6) is 0 Å². The lowest BCUT2D eigenvalue weighted by molar-refractivity contribution is -0.132. The molecule has 0 radical (unpaired) electrons. The summed E-state index contributed by atoms with van der Waals surface area (Å²) in [5, 5.41) is 3.45. The Hall–Kier alpha value is -1.71. The average Bonchev–Trinajstić information content (AvgIpc) is 2.28. The third kappa shape index (κ3) is 2.52. The molecule has 0 aliphatic carbocycles. The minimum atomic E-state index is 0.223. The number of rotatable bonds is 2. The van der Waals surface area contributed by atoms with Gasteiger partial charge < -0.3 is 16.0 Å². The number of para-hydroxylation sites is 1. The van der Waals surface area contributed by atoms with Crippen molar-refractivity contribution in [3.8, 4) is 0 Å². The quantitative estimate of drug-likeness (QED) is 0.763. The highest BCUT2D eigenvalue weighted by Gasteiger charge is 2.23. The summed E-state index contributed by atoms with van der Waals surface area (Å²) in [4.78, 5) is 13.2. The Morgan fingerprint density at radius 3 is 2.88 bits per heavy atom. The van der Waals surface area contributed by atoms with Crippen LogP contribution in [-0.4, -0.2) is 30.4 Å². The smallest absolute Gasteiger partial charge is 0.222 e. The van der Waals surface area contributed by atoms with Gasteiger partial charge in [-0.05, 0) is 25.0 Å². The SMILES string of the molecule is Cc1cccc(N)c1NC1CCC(=O)N(C)C1. The molecule has 92 valence electrons. The highest BCUT2D eigenvalue weighted by Crippen LogP contribution is 2.25. The van der Waals surface area contributed by atoms with Crippen LogP contribution < -0.4 is 11.1 Å². The van der Waals surface area contributed by atoms with Crippen molar-refractivity contribution in [2.24, 2.45) is 0 Å². The molecule has 4 heteroatoms. The Labute approximate surface area is 102 Å². The fourth-order valence-corrected chi connectivity index (χ4v) is 2.22. The Morgan fingerprint density at radius 1 is 1.47 bits per heavy atom. The maximum absolute atomic E-state index is 11.4. The molecule has 0 saturated carbocycles. The number of anilines is 2. The summed E-state index contributed by atoms with van der Waals surface area (Å²) in [6.07, 6.45) is 1.48. The van der Waals surface area contributed by atoms with Crippen LogP contribution in [0.4, 0.5) is 11.4 Å². The molecule has 0 aromatic heterocycles. The van der Waals surface area contributed by atoms with E-state index in [1.54, 1.807) is 4.90 Å². The van der Waals surface area contributed by atoms with Gasteiger partial charge in [-0.2, -0.15) is 0 Å². The number of carbonyl (C=O) groups excluding carboxylic acids is 1. The van der Waals surface area contributed by atoms with E-state index in [2.05, 4.69) is 5.32 Å². The van der Waals surface area contributed by atoms with Crippen LogP contribution >= 0.6 is 0 Å². The molecule has 1 fully saturated rings. The fraction of sp³-hybridized carbons (Fsp3) is 0.462. The molecule has 1 aliphatic heterocycles. The zero-order valence-electron chi connectivity index (χ0n) is 10.4. The number of amides is 1. The van der Waals surface area contributed by atoms with Crippen molar-refractivity contribution in [3.63, 3.8) is 0 Å². The van der Waals surface area contributed by atoms with Gasteiger partial charge in [-0.25, -0.2) is 0 Å². The number of likely N-dealkylation sites (tertiary alicyclic amines) is 1. The molecule has 0 bridgehead atoms. The first kappa shape index (κ1) is 11.8. The Balaban J connectivity index is 2.09. The third-order valence-electron chi connectivity index (χ3n) is 3.28. The van der Waals surface area contributed by atoms with Crippen molar-refractivity contribution >= 4 is 17.3 Å². The largest absolute Gasteiger partial charge is 0.397 e. The van der Waals surface area contributed by atoms with Crippen LogP contribution in [0.3, 0.4) is 0 Å². The van der Waals surface area contributed by atoms with Crippen LogP contribution in [0.15, 0.2) is 18.2 Å². The van der Waals surface area contributed by atoms with E-state index in [1.807, 2.05) is 32.2 Å². The summed E-state index contributed by atoms with van der Waals surface area (Å²) in [6.45, 7) is 2.78. The molecule has 1 aliphatic rings. The molecule has 1 amide bonds. The van der Waals surface area contributed by atoms with Crippen molar-refractivity contribution in [1.82, 2.24) is 4.90 Å². The average molecular weight is 233 g/mol. The number of nitrogens with zero attached hydrogens (tertiary/aromatic N) is 1. The molecule has 1 aromatic carbocycles. The Bertz CT molecular complexity index is 410. The normalized spacial score (nSPS) is 20.5. The van der Waals surface area contributed by atoms with E-state index < -0.39 is 0 Å². The molecule has 1 aromatic rings. The van der Waals surface area contributed by atoms with Crippen molar-refractivity contribution < 1.29 is 4.79 Å². The van der Waals surface area contributed by atoms with Gasteiger partial charge in [0.1, 0.15) is 0 Å². The van der Waals surface area contributed by atoms with Gasteiger partial charge in [0, 0.05) is 26.1 Å². The van der Waals surface area contributed by atoms with Crippen LogP contribution in [-0.2, 0) is 4.79 Å². The molecule has 0 spiro atoms. The number of nitrogen functional groups attached to an aromatic ring is 1. The lowest BCUT2D eigenvalue weighted by atomic mass is 10.0. The number of nitrogens with two attached hydrogens (primary N) is 1. The molecule has 17 heavy (non-hydrogen) atoms. The number of nitrogens with one attached hydrogen (secondary N) is 1. The number of aryl methyl sites for hydroxylation is 1. The second kappa shape index (κ2) is 4.65. The van der Waals surface area contributed by atoms with Crippen molar-refractivity contribution in [1.29, 1.82) is 0 Å². The first-order valence-electron chi connectivity index (χ1n) is 5.93. The molecule has 1 heterocycles. The second-order valence-electron chi connectivity index (χ2n) is 4.69. The monoisotopic (exact) mass is 233 g/mol. The van der Waals surface area contributed by atoms with Gasteiger partial charge in [0.15, 0.2) is 0 Å². The molecule has 2 rings (SSSR count). The van der Waals surface area contributed by atoms with Gasteiger partial charge in [0.25, 0.3) is 0 Å². The van der Waals surface area contributed by atoms with Gasteiger partial charge in [0.05, 0.1) is 11.4 Å². The summed E-state index contributed by atoms with van der Waals surface area (Å²) in [5.41, 5.74) is 8.87. The zero-order valence-corrected chi connectivity index (χ0v) is 10.4. The fourth-order valence-electron chi connectivity index (χ4n) is 2.22. The lowest BCUT2D eigenvalue weighted by Gasteiger charge is -2.31. The molecule has 1 atom stereocenters. The highest BCUT2D eigenvalue weighted by molar-refractivity contribution is 5.77. The minimum Gasteiger partial charge on any atom is -0.397 e. The molecule has 4 nitrogen and oxygen atoms in total. The highest BCUT2D eigenvalue weighted by atomic mass is 16.2. The summed E-state index contributed by atoms with van der Waals surface area (Å²) >= 11 is 0. The lowest BCUT2D eigenvalue weighted by Crippen LogP contribution is -2.43. The van der Waals surface area contributed by atoms with E-state index in [0.717, 1.165) is 29.9 Å². The standard InChI is InChI=1S/C13H19N3O/c1-9-4-3-5-11(14)13(9)15-10-6-7-12(17)16(2)8-10/h3-5,10,15H,6-8,14H2,1-2H3. The van der Waals surface area contributed by atoms with Crippen molar-refractivity contribution in [3.05, 3.63) is 23.8 Å². The first-order chi connectivity index (χ1) is 8.08. The Kier molecular flexibility index (Phi) is 3.22. The van der Waals surface area contributed by atoms with E-state index in [1.165, 1.54) is 0 Å². The summed E-state index contributed by atoms with van der Waals surface area (Å²) in [5.74, 6) is 0.223. The molecule has 1 unspecified atom stereocenters. The van der Waals surface area contributed by atoms with Gasteiger partial charge >= 0.3 is 0 Å². The summed E-state index contributed by atoms with van der Waals surface area (Å²) in [7, 11) is 1.84. The van der Waals surface area contributed by atoms with Crippen molar-refractivity contribution in [2.45, 2.75) is 25.8 Å². The van der Waals surface area contributed by atoms with E-state index in [9.17, 15) is 4.79 Å². The topological polar surface area (TPSA) is 58.4 Å². The van der Waals surface area contributed by atoms with Gasteiger partial charge in [-0.1, -0.05) is 12.1 Å². The molecule has 3 N–H and O–H groups in total. The molecular formula is C13H19N3O. The van der Waals surface area contributed by atoms with Crippen LogP contribution in [0.2, 0.25) is 0 Å². The number of benzene rings is 1. The third-order valence-corrected chi connectivity index (χ3v) is 3.28. The summed E-state index contributed by atoms with van der Waals surface area (Å²) < 4.78 is 0. The predicted molar refractivity (Wildman–Crippen MR) is 69.9 cm³/mol. The maximum atomic E-state index is 11.4. The van der Waals surface area contributed by atoms with Gasteiger partial charge in [-0.15, -0.1) is 0 Å². The van der Waals surface area contributed by atoms with Crippen molar-refractivity contribution in [2.75, 3.05) is 24.6 Å². The predicted octanol–water partition coefficient (Wildman–Crippen LogP) is 1.61. The number of carbonyl (C=O) groups is 1. The second-order valence-corrected chi connectivity index (χ2v) is 4.69. The number of hydrogen-bond acceptors (Lipinski definition) is 3. The van der Waals surface area contributed by atoms with Gasteiger partial charge in [0.2, 0.25) is 5.91 Å². The van der Waals surface area contributed by atoms with Crippen LogP contribution in [0.25, 0.3) is 0 Å². The Morgan fingerprint density at radius 2 is 2.24 bits per heavy atom. The summed E-state index contributed by atoms with van der Waals surface area (Å²) in [6, 6.07) is 6.18. The number of likely N-dealkylation sites (N-methyl/N-ethyl adjacent to an activating group) is 1. The number of hydrogen-bond donors (Lipinski definition) is 2. The first-order valence-corrected chi connectivity index (χ1v) is 5.93. The zero-order chi connectivity index (χ0) is 12.4. The van der Waals surface area contributed by atoms with Crippen LogP contribution in [0, 0.1) is 6.92 Å². The number of piperidine rings is 1. The van der Waals surface area contributed by atoms with E-state index in [0.29, 0.717) is 12.5 Å². The van der Waals surface area contributed by atoms with E-state index >= 15 is 0 Å². The van der Waals surface area contributed by atoms with E-state index in [-0.39, 0.29) is 5.91 Å². The molecular weight excluding hydrogens is 214 g/mol. The van der Waals surface area contributed by atoms with Gasteiger partial charge in [-0.3, -0.25) is 4.79 Å².